The highest BCUT2D eigenvalue weighted by Crippen LogP contribution is 2.44. The average molecular weight is 482 g/mol. The first-order valence-corrected chi connectivity index (χ1v) is 11.0. The molecule has 1 aliphatic carbocycles. The molecule has 4 rings (SSSR count). The smallest absolute Gasteiger partial charge is 0.387 e. The van der Waals surface area contributed by atoms with Crippen LogP contribution in [0.5, 0.6) is 5.75 Å². The number of alkyl halides is 2. The lowest BCUT2D eigenvalue weighted by atomic mass is 9.95. The number of carbonyl (C=O) groups is 1. The van der Waals surface area contributed by atoms with Crippen molar-refractivity contribution in [3.8, 4) is 5.75 Å². The van der Waals surface area contributed by atoms with E-state index in [0.29, 0.717) is 31.6 Å². The maximum absolute atomic E-state index is 15.5. The van der Waals surface area contributed by atoms with E-state index in [2.05, 4.69) is 5.16 Å². The molecule has 1 aromatic heterocycles. The zero-order chi connectivity index (χ0) is 24.6. The number of hydrogen-bond donors (Lipinski definition) is 2. The minimum Gasteiger partial charge on any atom is -0.477 e. The summed E-state index contributed by atoms with van der Waals surface area (Å²) in [6.07, 6.45) is 2.80. The quantitative estimate of drug-likeness (QED) is 0.555. The first-order chi connectivity index (χ1) is 16.3. The normalized spacial score (nSPS) is 19.8. The molecule has 2 aromatic rings. The monoisotopic (exact) mass is 482 g/mol. The van der Waals surface area contributed by atoms with E-state index in [4.69, 9.17) is 15.3 Å². The number of ether oxygens (including phenoxy) is 1. The molecule has 0 bridgehead atoms. The van der Waals surface area contributed by atoms with Crippen molar-refractivity contribution in [2.45, 2.75) is 38.8 Å². The van der Waals surface area contributed by atoms with Gasteiger partial charge in [0, 0.05) is 44.2 Å². The first kappa shape index (κ1) is 23.9. The van der Waals surface area contributed by atoms with Crippen LogP contribution in [0.4, 0.5) is 18.9 Å². The fourth-order valence-corrected chi connectivity index (χ4v) is 4.33. The van der Waals surface area contributed by atoms with Gasteiger partial charge >= 0.3 is 12.6 Å². The number of fused-ring (bicyclic) bond motifs is 1. The van der Waals surface area contributed by atoms with Gasteiger partial charge in [0.2, 0.25) is 5.43 Å². The summed E-state index contributed by atoms with van der Waals surface area (Å²) in [5.41, 5.74) is 4.78. The van der Waals surface area contributed by atoms with Crippen LogP contribution in [-0.2, 0) is 4.84 Å². The van der Waals surface area contributed by atoms with Gasteiger partial charge in [0.25, 0.3) is 0 Å². The van der Waals surface area contributed by atoms with Crippen LogP contribution in [-0.4, -0.2) is 54.2 Å². The molecule has 1 aliphatic heterocycles. The Morgan fingerprint density at radius 2 is 2.12 bits per heavy atom. The number of carboxylic acids is 1. The number of oxime groups is 1. The lowest BCUT2D eigenvalue weighted by Gasteiger charge is -2.36. The number of hydrogen-bond acceptors (Lipinski definition) is 7. The molecular weight excluding hydrogens is 457 g/mol. The Morgan fingerprint density at radius 1 is 1.38 bits per heavy atom. The van der Waals surface area contributed by atoms with Gasteiger partial charge in [-0.3, -0.25) is 4.79 Å². The Hall–Kier alpha value is -3.28. The van der Waals surface area contributed by atoms with Gasteiger partial charge in [0.05, 0.1) is 16.6 Å². The zero-order valence-electron chi connectivity index (χ0n) is 18.5. The Balaban J connectivity index is 1.92. The second-order valence-electron chi connectivity index (χ2n) is 8.26. The van der Waals surface area contributed by atoms with E-state index >= 15 is 4.39 Å². The molecule has 2 heterocycles. The van der Waals surface area contributed by atoms with Crippen molar-refractivity contribution >= 4 is 28.3 Å². The van der Waals surface area contributed by atoms with Crippen LogP contribution in [0.15, 0.2) is 22.2 Å². The number of benzene rings is 1. The number of pyridine rings is 1. The van der Waals surface area contributed by atoms with Crippen LogP contribution in [0.1, 0.15) is 42.6 Å². The minimum atomic E-state index is -3.30. The lowest BCUT2D eigenvalue weighted by molar-refractivity contribution is -0.0488. The topological polar surface area (TPSA) is 119 Å². The molecule has 0 spiro atoms. The first-order valence-electron chi connectivity index (χ1n) is 11.0. The van der Waals surface area contributed by atoms with Crippen molar-refractivity contribution in [2.24, 2.45) is 16.8 Å². The number of piperidine rings is 1. The van der Waals surface area contributed by atoms with Gasteiger partial charge in [0.15, 0.2) is 11.6 Å². The molecule has 2 fully saturated rings. The molecule has 1 saturated carbocycles. The Bertz CT molecular complexity index is 1200. The van der Waals surface area contributed by atoms with Crippen LogP contribution in [0.25, 0.3) is 10.9 Å². The lowest BCUT2D eigenvalue weighted by Crippen LogP contribution is -2.44. The molecule has 34 heavy (non-hydrogen) atoms. The molecule has 9 nitrogen and oxygen atoms in total. The standard InChI is InChI=1S/C22H25F3N4O5/c1-2-33-27-16-5-6-28(9-11(16)8-26)18-15(23)7-13-17(20(18)34-22(24)25)29(12-3-4-12)10-14(19(13)30)21(31)32/h7,10-12,22H,2-6,8-9,26H2,1H3,(H,31,32)/b27-16+. The molecule has 0 radical (unpaired) electrons. The van der Waals surface area contributed by atoms with E-state index in [1.165, 1.54) is 4.57 Å². The highest BCUT2D eigenvalue weighted by atomic mass is 19.3. The third-order valence-electron chi connectivity index (χ3n) is 6.04. The molecule has 1 unspecified atom stereocenters. The van der Waals surface area contributed by atoms with Crippen LogP contribution in [0.2, 0.25) is 0 Å². The number of nitrogens with two attached hydrogens (primary N) is 1. The zero-order valence-corrected chi connectivity index (χ0v) is 18.5. The Labute approximate surface area is 192 Å². The fourth-order valence-electron chi connectivity index (χ4n) is 4.33. The van der Waals surface area contributed by atoms with E-state index in [-0.39, 0.29) is 48.2 Å². The summed E-state index contributed by atoms with van der Waals surface area (Å²) in [6.45, 7) is -0.568. The summed E-state index contributed by atoms with van der Waals surface area (Å²) in [6, 6.07) is 0.695. The van der Waals surface area contributed by atoms with Crippen LogP contribution in [0, 0.1) is 11.7 Å². The number of aromatic nitrogens is 1. The number of aromatic carboxylic acids is 1. The molecule has 184 valence electrons. The summed E-state index contributed by atoms with van der Waals surface area (Å²) < 4.78 is 48.8. The second kappa shape index (κ2) is 9.53. The van der Waals surface area contributed by atoms with Crippen molar-refractivity contribution < 1.29 is 32.6 Å². The molecule has 2 aliphatic rings. The van der Waals surface area contributed by atoms with Gasteiger partial charge in [-0.15, -0.1) is 0 Å². The summed E-state index contributed by atoms with van der Waals surface area (Å²) in [4.78, 5) is 31.1. The largest absolute Gasteiger partial charge is 0.477 e. The fraction of sp³-hybridized carbons (Fsp3) is 0.500. The predicted octanol–water partition coefficient (Wildman–Crippen LogP) is 2.95. The van der Waals surface area contributed by atoms with E-state index in [1.54, 1.807) is 11.8 Å². The van der Waals surface area contributed by atoms with Crippen molar-refractivity contribution in [1.82, 2.24) is 4.57 Å². The molecular formula is C22H25F3N4O5. The van der Waals surface area contributed by atoms with Crippen molar-refractivity contribution in [3.05, 3.63) is 33.9 Å². The number of anilines is 1. The highest BCUT2D eigenvalue weighted by Gasteiger charge is 2.34. The Morgan fingerprint density at radius 3 is 2.71 bits per heavy atom. The Kier molecular flexibility index (Phi) is 6.69. The molecule has 12 heteroatoms. The van der Waals surface area contributed by atoms with Crippen molar-refractivity contribution in [1.29, 1.82) is 0 Å². The number of rotatable bonds is 8. The van der Waals surface area contributed by atoms with E-state index in [1.807, 2.05) is 0 Å². The van der Waals surface area contributed by atoms with Gasteiger partial charge in [-0.05, 0) is 25.8 Å². The summed E-state index contributed by atoms with van der Waals surface area (Å²) in [5.74, 6) is -3.25. The van der Waals surface area contributed by atoms with Crippen LogP contribution in [0.3, 0.4) is 0 Å². The van der Waals surface area contributed by atoms with Crippen LogP contribution < -0.4 is 20.8 Å². The predicted molar refractivity (Wildman–Crippen MR) is 118 cm³/mol. The second-order valence-corrected chi connectivity index (χ2v) is 8.26. The number of nitrogens with zero attached hydrogens (tertiary/aromatic N) is 3. The molecule has 1 saturated heterocycles. The van der Waals surface area contributed by atoms with E-state index in [9.17, 15) is 23.5 Å². The molecule has 1 atom stereocenters. The molecule has 1 aromatic carbocycles. The maximum atomic E-state index is 15.5. The van der Waals surface area contributed by atoms with Crippen LogP contribution >= 0.6 is 0 Å². The van der Waals surface area contributed by atoms with Gasteiger partial charge in [-0.25, -0.2) is 9.18 Å². The average Bonchev–Trinajstić information content (AvgIpc) is 3.63. The molecule has 3 N–H and O–H groups in total. The van der Waals surface area contributed by atoms with Gasteiger partial charge < -0.3 is 29.9 Å². The number of halogens is 3. The number of carboxylic acid groups (broad SMARTS) is 1. The van der Waals surface area contributed by atoms with Gasteiger partial charge in [-0.1, -0.05) is 5.16 Å². The summed E-state index contributed by atoms with van der Waals surface area (Å²) in [5, 5.41) is 13.2. The SMILES string of the molecule is CCO/N=C1\CCN(c2c(F)cc3c(=O)c(C(=O)O)cn(C4CC4)c3c2OC(F)F)CC1CN. The van der Waals surface area contributed by atoms with Crippen molar-refractivity contribution in [3.63, 3.8) is 0 Å². The van der Waals surface area contributed by atoms with E-state index in [0.717, 1.165) is 12.3 Å². The van der Waals surface area contributed by atoms with Gasteiger partial charge in [-0.2, -0.15) is 8.78 Å². The van der Waals surface area contributed by atoms with Gasteiger partial charge in [0.1, 0.15) is 17.9 Å². The summed E-state index contributed by atoms with van der Waals surface area (Å²) >= 11 is 0. The summed E-state index contributed by atoms with van der Waals surface area (Å²) in [7, 11) is 0. The van der Waals surface area contributed by atoms with Crippen molar-refractivity contribution in [2.75, 3.05) is 31.1 Å². The highest BCUT2D eigenvalue weighted by molar-refractivity contribution is 5.97. The van der Waals surface area contributed by atoms with E-state index < -0.39 is 35.1 Å². The third-order valence-corrected chi connectivity index (χ3v) is 6.04. The molecule has 0 amide bonds. The third kappa shape index (κ3) is 4.41. The maximum Gasteiger partial charge on any atom is 0.387 e. The minimum absolute atomic E-state index is 0.0488.